The van der Waals surface area contributed by atoms with Crippen molar-refractivity contribution in [2.45, 2.75) is 17.7 Å². The fourth-order valence-corrected chi connectivity index (χ4v) is 3.48. The van der Waals surface area contributed by atoms with E-state index < -0.39 is 5.63 Å². The molecule has 5 heteroatoms. The number of nitriles is 1. The Hall–Kier alpha value is -2.19. The van der Waals surface area contributed by atoms with Crippen LogP contribution in [0.25, 0.3) is 11.3 Å². The van der Waals surface area contributed by atoms with E-state index in [4.69, 9.17) is 14.4 Å². The Morgan fingerprint density at radius 1 is 1.38 bits per heavy atom. The van der Waals surface area contributed by atoms with Crippen LogP contribution >= 0.6 is 11.8 Å². The van der Waals surface area contributed by atoms with E-state index in [-0.39, 0.29) is 5.56 Å². The van der Waals surface area contributed by atoms with Gasteiger partial charge in [0.25, 0.3) is 0 Å². The number of fused-ring (bicyclic) bond motifs is 3. The third kappa shape index (κ3) is 2.12. The Labute approximate surface area is 126 Å². The van der Waals surface area contributed by atoms with E-state index in [1.54, 1.807) is 7.11 Å². The molecule has 1 aromatic carbocycles. The lowest BCUT2D eigenvalue weighted by Gasteiger charge is -2.21. The van der Waals surface area contributed by atoms with Crippen LogP contribution in [0, 0.1) is 11.3 Å². The van der Waals surface area contributed by atoms with Crippen molar-refractivity contribution < 1.29 is 9.15 Å². The second-order valence-electron chi connectivity index (χ2n) is 4.74. The highest BCUT2D eigenvalue weighted by Gasteiger charge is 2.25. The first-order valence-electron chi connectivity index (χ1n) is 6.51. The zero-order valence-electron chi connectivity index (χ0n) is 11.7. The Balaban J connectivity index is 2.29. The fourth-order valence-electron chi connectivity index (χ4n) is 2.70. The summed E-state index contributed by atoms with van der Waals surface area (Å²) in [6, 6.07) is 7.69. The molecule has 0 N–H and O–H groups in total. The molecule has 0 saturated heterocycles. The van der Waals surface area contributed by atoms with Crippen molar-refractivity contribution in [3.05, 3.63) is 45.3 Å². The van der Waals surface area contributed by atoms with Gasteiger partial charge in [0.15, 0.2) is 5.56 Å². The number of thioether (sulfide) groups is 1. The number of methoxy groups -OCH3 is 1. The molecule has 0 aliphatic heterocycles. The van der Waals surface area contributed by atoms with Crippen LogP contribution in [0.5, 0.6) is 5.75 Å². The average Bonchev–Trinajstić information content (AvgIpc) is 2.52. The molecule has 106 valence electrons. The van der Waals surface area contributed by atoms with Crippen LogP contribution in [0.3, 0.4) is 0 Å². The van der Waals surface area contributed by atoms with Crippen molar-refractivity contribution in [1.29, 1.82) is 5.26 Å². The fraction of sp³-hybridized carbons (Fsp3) is 0.250. The van der Waals surface area contributed by atoms with Gasteiger partial charge in [0.05, 0.1) is 7.11 Å². The number of benzene rings is 1. The van der Waals surface area contributed by atoms with E-state index >= 15 is 0 Å². The van der Waals surface area contributed by atoms with Crippen molar-refractivity contribution in [2.75, 3.05) is 13.4 Å². The minimum atomic E-state index is -0.565. The van der Waals surface area contributed by atoms with Gasteiger partial charge in [0.2, 0.25) is 0 Å². The van der Waals surface area contributed by atoms with E-state index in [1.165, 1.54) is 11.8 Å². The van der Waals surface area contributed by atoms with Gasteiger partial charge < -0.3 is 9.15 Å². The summed E-state index contributed by atoms with van der Waals surface area (Å²) < 4.78 is 10.7. The first kappa shape index (κ1) is 13.8. The molecule has 0 radical (unpaired) electrons. The second-order valence-corrected chi connectivity index (χ2v) is 5.56. The Kier molecular flexibility index (Phi) is 3.48. The second kappa shape index (κ2) is 5.30. The van der Waals surface area contributed by atoms with Crippen molar-refractivity contribution in [3.8, 4) is 23.1 Å². The quantitative estimate of drug-likeness (QED) is 0.798. The first-order valence-corrected chi connectivity index (χ1v) is 7.73. The van der Waals surface area contributed by atoms with Crippen molar-refractivity contribution in [3.63, 3.8) is 0 Å². The molecular formula is C16H13NO3S. The van der Waals surface area contributed by atoms with Crippen LogP contribution in [0.2, 0.25) is 0 Å². The van der Waals surface area contributed by atoms with Gasteiger partial charge in [-0.05, 0) is 42.9 Å². The SMILES string of the molecule is COc1ccc2c(c1)CCc1c-2oc(=O)c(C#N)c1SC. The van der Waals surface area contributed by atoms with Crippen molar-refractivity contribution in [1.82, 2.24) is 0 Å². The molecule has 0 amide bonds. The summed E-state index contributed by atoms with van der Waals surface area (Å²) in [4.78, 5) is 12.7. The molecular weight excluding hydrogens is 286 g/mol. The van der Waals surface area contributed by atoms with Gasteiger partial charge in [0.1, 0.15) is 17.6 Å². The summed E-state index contributed by atoms with van der Waals surface area (Å²) in [6.45, 7) is 0. The van der Waals surface area contributed by atoms with E-state index in [0.29, 0.717) is 5.76 Å². The molecule has 0 saturated carbocycles. The molecule has 0 unspecified atom stereocenters. The smallest absolute Gasteiger partial charge is 0.355 e. The zero-order chi connectivity index (χ0) is 15.0. The zero-order valence-corrected chi connectivity index (χ0v) is 12.5. The average molecular weight is 299 g/mol. The Morgan fingerprint density at radius 3 is 2.86 bits per heavy atom. The van der Waals surface area contributed by atoms with E-state index in [2.05, 4.69) is 0 Å². The van der Waals surface area contributed by atoms with Gasteiger partial charge in [0, 0.05) is 16.0 Å². The number of rotatable bonds is 2. The van der Waals surface area contributed by atoms with Crippen LogP contribution in [-0.4, -0.2) is 13.4 Å². The largest absolute Gasteiger partial charge is 0.497 e. The molecule has 21 heavy (non-hydrogen) atoms. The highest BCUT2D eigenvalue weighted by molar-refractivity contribution is 7.98. The molecule has 1 heterocycles. The maximum atomic E-state index is 12.0. The van der Waals surface area contributed by atoms with Crippen LogP contribution in [0.1, 0.15) is 16.7 Å². The first-order chi connectivity index (χ1) is 10.2. The number of ether oxygens (including phenoxy) is 1. The lowest BCUT2D eigenvalue weighted by atomic mass is 9.89. The molecule has 1 aliphatic carbocycles. The molecule has 0 fully saturated rings. The van der Waals surface area contributed by atoms with Gasteiger partial charge in [-0.2, -0.15) is 5.26 Å². The maximum absolute atomic E-state index is 12.0. The number of hydrogen-bond acceptors (Lipinski definition) is 5. The van der Waals surface area contributed by atoms with Crippen molar-refractivity contribution in [2.24, 2.45) is 0 Å². The van der Waals surface area contributed by atoms with E-state index in [0.717, 1.165) is 40.2 Å². The Bertz CT molecular complexity index is 817. The van der Waals surface area contributed by atoms with Crippen LogP contribution in [0.15, 0.2) is 32.3 Å². The lowest BCUT2D eigenvalue weighted by Crippen LogP contribution is -2.14. The summed E-state index contributed by atoms with van der Waals surface area (Å²) in [6.07, 6.45) is 3.47. The number of hydrogen-bond donors (Lipinski definition) is 0. The maximum Gasteiger partial charge on any atom is 0.355 e. The minimum Gasteiger partial charge on any atom is -0.497 e. The highest BCUT2D eigenvalue weighted by atomic mass is 32.2. The van der Waals surface area contributed by atoms with Gasteiger partial charge in [-0.1, -0.05) is 0 Å². The third-order valence-corrected chi connectivity index (χ3v) is 4.55. The minimum absolute atomic E-state index is 0.109. The predicted molar refractivity (Wildman–Crippen MR) is 80.9 cm³/mol. The summed E-state index contributed by atoms with van der Waals surface area (Å²) in [5.41, 5.74) is 2.51. The molecule has 1 aliphatic rings. The Morgan fingerprint density at radius 2 is 2.19 bits per heavy atom. The molecule has 4 nitrogen and oxygen atoms in total. The van der Waals surface area contributed by atoms with Gasteiger partial charge in [-0.3, -0.25) is 0 Å². The monoisotopic (exact) mass is 299 g/mol. The van der Waals surface area contributed by atoms with Gasteiger partial charge in [-0.15, -0.1) is 11.8 Å². The van der Waals surface area contributed by atoms with Crippen LogP contribution < -0.4 is 10.4 Å². The summed E-state index contributed by atoms with van der Waals surface area (Å²) in [7, 11) is 1.63. The highest BCUT2D eigenvalue weighted by Crippen LogP contribution is 2.39. The molecule has 2 aromatic rings. The molecule has 1 aromatic heterocycles. The molecule has 3 rings (SSSR count). The summed E-state index contributed by atoms with van der Waals surface area (Å²) in [5.74, 6) is 1.38. The third-order valence-electron chi connectivity index (χ3n) is 3.69. The normalized spacial score (nSPS) is 12.2. The summed E-state index contributed by atoms with van der Waals surface area (Å²) in [5, 5.41) is 9.16. The molecule has 0 atom stereocenters. The number of aryl methyl sites for hydroxylation is 1. The van der Waals surface area contributed by atoms with Gasteiger partial charge >= 0.3 is 5.63 Å². The summed E-state index contributed by atoms with van der Waals surface area (Å²) >= 11 is 1.42. The standard InChI is InChI=1S/C16H13NO3S/c1-19-10-4-6-11-9(7-10)3-5-12-14(11)20-16(18)13(8-17)15(12)21-2/h4,6-7H,3,5H2,1-2H3. The predicted octanol–water partition coefficient (Wildman–Crippen LogP) is 3.01. The molecule has 0 spiro atoms. The van der Waals surface area contributed by atoms with E-state index in [1.807, 2.05) is 30.5 Å². The van der Waals surface area contributed by atoms with Crippen LogP contribution in [0.4, 0.5) is 0 Å². The molecule has 0 bridgehead atoms. The van der Waals surface area contributed by atoms with E-state index in [9.17, 15) is 4.79 Å². The van der Waals surface area contributed by atoms with Crippen LogP contribution in [-0.2, 0) is 12.8 Å². The number of nitrogens with zero attached hydrogens (tertiary/aromatic N) is 1. The topological polar surface area (TPSA) is 63.2 Å². The lowest BCUT2D eigenvalue weighted by molar-refractivity contribution is 0.414. The van der Waals surface area contributed by atoms with Gasteiger partial charge in [-0.25, -0.2) is 4.79 Å². The van der Waals surface area contributed by atoms with Crippen molar-refractivity contribution >= 4 is 11.8 Å².